The summed E-state index contributed by atoms with van der Waals surface area (Å²) in [6, 6.07) is 0. The van der Waals surface area contributed by atoms with Gasteiger partial charge in [0.05, 0.1) is 0 Å². The fourth-order valence-electron chi connectivity index (χ4n) is 0.350. The van der Waals surface area contributed by atoms with Gasteiger partial charge in [0.25, 0.3) is 0 Å². The molecule has 10 heavy (non-hydrogen) atoms. The lowest BCUT2D eigenvalue weighted by molar-refractivity contribution is -0.112. The predicted molar refractivity (Wildman–Crippen MR) is 39.2 cm³/mol. The SMILES string of the molecule is CC(=O)/C=C/C=C/C=C=O. The van der Waals surface area contributed by atoms with Crippen LogP contribution in [-0.4, -0.2) is 11.7 Å². The van der Waals surface area contributed by atoms with Crippen molar-refractivity contribution in [1.29, 1.82) is 0 Å². The van der Waals surface area contributed by atoms with E-state index in [1.807, 2.05) is 0 Å². The second kappa shape index (κ2) is 5.73. The molecular weight excluding hydrogens is 128 g/mol. The normalized spacial score (nSPS) is 10.1. The molecule has 0 aliphatic rings. The molecule has 0 fully saturated rings. The lowest BCUT2D eigenvalue weighted by Crippen LogP contribution is -1.77. The van der Waals surface area contributed by atoms with Gasteiger partial charge in [-0.05, 0) is 13.0 Å². The molecule has 0 aliphatic carbocycles. The second-order valence-electron chi connectivity index (χ2n) is 1.64. The number of carbonyl (C=O) groups excluding carboxylic acids is 2. The van der Waals surface area contributed by atoms with Crippen molar-refractivity contribution in [2.45, 2.75) is 6.92 Å². The third-order valence-electron chi connectivity index (χ3n) is 0.717. The molecule has 0 amide bonds. The van der Waals surface area contributed by atoms with Gasteiger partial charge in [-0.2, -0.15) is 0 Å². The Bertz CT molecular complexity index is 195. The third kappa shape index (κ3) is 6.60. The minimum absolute atomic E-state index is 0.0141. The van der Waals surface area contributed by atoms with E-state index in [-0.39, 0.29) is 5.78 Å². The minimum atomic E-state index is -0.0141. The molecule has 52 valence electrons. The van der Waals surface area contributed by atoms with Crippen LogP contribution in [0.3, 0.4) is 0 Å². The Hall–Kier alpha value is -1.40. The molecule has 0 saturated heterocycles. The van der Waals surface area contributed by atoms with Crippen molar-refractivity contribution in [1.82, 2.24) is 0 Å². The average Bonchev–Trinajstić information content (AvgIpc) is 1.87. The average molecular weight is 136 g/mol. The van der Waals surface area contributed by atoms with E-state index in [2.05, 4.69) is 0 Å². The predicted octanol–water partition coefficient (Wildman–Crippen LogP) is 1.08. The summed E-state index contributed by atoms with van der Waals surface area (Å²) in [4.78, 5) is 19.8. The van der Waals surface area contributed by atoms with Gasteiger partial charge in [-0.3, -0.25) is 4.79 Å². The quantitative estimate of drug-likeness (QED) is 0.330. The summed E-state index contributed by atoms with van der Waals surface area (Å²) in [5.74, 6) is 1.56. The monoisotopic (exact) mass is 136 g/mol. The molecule has 0 aromatic heterocycles. The molecule has 0 aliphatic heterocycles. The molecule has 0 N–H and O–H groups in total. The van der Waals surface area contributed by atoms with Crippen LogP contribution in [0.15, 0.2) is 30.4 Å². The Kier molecular flexibility index (Phi) is 4.93. The molecule has 0 aromatic carbocycles. The van der Waals surface area contributed by atoms with Crippen molar-refractivity contribution < 1.29 is 9.59 Å². The van der Waals surface area contributed by atoms with Crippen LogP contribution in [0.1, 0.15) is 6.92 Å². The van der Waals surface area contributed by atoms with Crippen molar-refractivity contribution >= 4 is 11.7 Å². The topological polar surface area (TPSA) is 34.1 Å². The summed E-state index contributed by atoms with van der Waals surface area (Å²) in [5.41, 5.74) is 0. The number of rotatable bonds is 3. The van der Waals surface area contributed by atoms with Crippen LogP contribution in [-0.2, 0) is 9.59 Å². The Morgan fingerprint density at radius 3 is 2.50 bits per heavy atom. The zero-order valence-corrected chi connectivity index (χ0v) is 5.70. The summed E-state index contributed by atoms with van der Waals surface area (Å²) in [6.07, 6.45) is 7.30. The molecule has 0 atom stereocenters. The van der Waals surface area contributed by atoms with Crippen molar-refractivity contribution in [3.8, 4) is 0 Å². The van der Waals surface area contributed by atoms with Crippen molar-refractivity contribution in [3.63, 3.8) is 0 Å². The van der Waals surface area contributed by atoms with E-state index in [0.29, 0.717) is 0 Å². The molecule has 0 spiro atoms. The maximum absolute atomic E-state index is 10.3. The van der Waals surface area contributed by atoms with Crippen LogP contribution >= 0.6 is 0 Å². The Morgan fingerprint density at radius 1 is 1.30 bits per heavy atom. The highest BCUT2D eigenvalue weighted by Crippen LogP contribution is 1.78. The number of hydrogen-bond donors (Lipinski definition) is 0. The van der Waals surface area contributed by atoms with E-state index < -0.39 is 0 Å². The van der Waals surface area contributed by atoms with Crippen LogP contribution in [0, 0.1) is 0 Å². The van der Waals surface area contributed by atoms with E-state index in [1.54, 1.807) is 18.1 Å². The number of carbonyl (C=O) groups is 1. The number of allylic oxidation sites excluding steroid dienone is 5. The van der Waals surface area contributed by atoms with Crippen LogP contribution in [0.5, 0.6) is 0 Å². The van der Waals surface area contributed by atoms with Crippen molar-refractivity contribution in [2.24, 2.45) is 0 Å². The molecule has 2 nitrogen and oxygen atoms in total. The van der Waals surface area contributed by atoms with Gasteiger partial charge in [0.2, 0.25) is 0 Å². The number of ketones is 1. The Morgan fingerprint density at radius 2 is 2.00 bits per heavy atom. The highest BCUT2D eigenvalue weighted by atomic mass is 16.1. The molecule has 2 heteroatoms. The zero-order chi connectivity index (χ0) is 7.82. The zero-order valence-electron chi connectivity index (χ0n) is 5.70. The molecule has 0 bridgehead atoms. The van der Waals surface area contributed by atoms with Gasteiger partial charge in [-0.1, -0.05) is 18.2 Å². The van der Waals surface area contributed by atoms with E-state index >= 15 is 0 Å². The fourth-order valence-corrected chi connectivity index (χ4v) is 0.350. The van der Waals surface area contributed by atoms with Gasteiger partial charge in [-0.25, -0.2) is 4.79 Å². The molecule has 0 aromatic rings. The first kappa shape index (κ1) is 8.60. The van der Waals surface area contributed by atoms with Crippen LogP contribution in [0.2, 0.25) is 0 Å². The van der Waals surface area contributed by atoms with Gasteiger partial charge >= 0.3 is 0 Å². The van der Waals surface area contributed by atoms with Gasteiger partial charge in [-0.15, -0.1) is 0 Å². The van der Waals surface area contributed by atoms with Crippen molar-refractivity contribution in [2.75, 3.05) is 0 Å². The first-order chi connectivity index (χ1) is 4.77. The fraction of sp³-hybridized carbons (Fsp3) is 0.125. The first-order valence-corrected chi connectivity index (χ1v) is 2.82. The number of hydrogen-bond acceptors (Lipinski definition) is 2. The van der Waals surface area contributed by atoms with Crippen LogP contribution in [0.25, 0.3) is 0 Å². The van der Waals surface area contributed by atoms with E-state index in [4.69, 9.17) is 0 Å². The van der Waals surface area contributed by atoms with Gasteiger partial charge in [0.1, 0.15) is 5.94 Å². The minimum Gasteiger partial charge on any atom is -0.295 e. The van der Waals surface area contributed by atoms with Crippen LogP contribution < -0.4 is 0 Å². The van der Waals surface area contributed by atoms with E-state index in [0.717, 1.165) is 0 Å². The summed E-state index contributed by atoms with van der Waals surface area (Å²) >= 11 is 0. The Labute approximate surface area is 59.5 Å². The summed E-state index contributed by atoms with van der Waals surface area (Å²) < 4.78 is 0. The molecule has 0 heterocycles. The van der Waals surface area contributed by atoms with Gasteiger partial charge in [0.15, 0.2) is 5.78 Å². The molecule has 0 radical (unpaired) electrons. The summed E-state index contributed by atoms with van der Waals surface area (Å²) in [5, 5.41) is 0. The van der Waals surface area contributed by atoms with Gasteiger partial charge in [0, 0.05) is 6.08 Å². The van der Waals surface area contributed by atoms with E-state index in [1.165, 1.54) is 25.2 Å². The smallest absolute Gasteiger partial charge is 0.152 e. The third-order valence-corrected chi connectivity index (χ3v) is 0.717. The highest BCUT2D eigenvalue weighted by molar-refractivity contribution is 5.87. The molecule has 0 unspecified atom stereocenters. The molecule has 0 saturated carbocycles. The summed E-state index contributed by atoms with van der Waals surface area (Å²) in [7, 11) is 0. The second-order valence-corrected chi connectivity index (χ2v) is 1.64. The van der Waals surface area contributed by atoms with Gasteiger partial charge < -0.3 is 0 Å². The lowest BCUT2D eigenvalue weighted by atomic mass is 10.3. The highest BCUT2D eigenvalue weighted by Gasteiger charge is 1.75. The maximum atomic E-state index is 10.3. The molecule has 0 rings (SSSR count). The van der Waals surface area contributed by atoms with Crippen molar-refractivity contribution in [3.05, 3.63) is 30.4 Å². The maximum Gasteiger partial charge on any atom is 0.152 e. The Balaban J connectivity index is 3.72. The van der Waals surface area contributed by atoms with E-state index in [9.17, 15) is 9.59 Å². The standard InChI is InChI=1S/C8H8O2/c1-8(10)6-4-2-3-5-7-9/h2-6H,1H3/b3-2+,6-4+. The summed E-state index contributed by atoms with van der Waals surface area (Å²) in [6.45, 7) is 1.46. The first-order valence-electron chi connectivity index (χ1n) is 2.82. The lowest BCUT2D eigenvalue weighted by Gasteiger charge is -1.72. The van der Waals surface area contributed by atoms with Crippen LogP contribution in [0.4, 0.5) is 0 Å². The molecular formula is C8H8O2. The largest absolute Gasteiger partial charge is 0.295 e.